The van der Waals surface area contributed by atoms with Crippen LogP contribution in [-0.4, -0.2) is 34.8 Å². The molecule has 0 bridgehead atoms. The summed E-state index contributed by atoms with van der Waals surface area (Å²) in [5.41, 5.74) is 2.33. The minimum absolute atomic E-state index is 0.276. The van der Waals surface area contributed by atoms with Crippen molar-refractivity contribution in [1.29, 1.82) is 0 Å². The molecular formula is C28H23Br2NO5S2. The Morgan fingerprint density at radius 1 is 1.08 bits per heavy atom. The molecule has 1 atom stereocenters. The maximum absolute atomic E-state index is 13.5. The number of rotatable bonds is 9. The van der Waals surface area contributed by atoms with Crippen LogP contribution in [-0.2, 0) is 20.9 Å². The quantitative estimate of drug-likeness (QED) is 0.134. The fourth-order valence-corrected chi connectivity index (χ4v) is 6.18. The summed E-state index contributed by atoms with van der Waals surface area (Å²) >= 11 is 13.7. The third-order valence-corrected chi connectivity index (χ3v) is 7.94. The number of esters is 1. The van der Waals surface area contributed by atoms with Gasteiger partial charge < -0.3 is 14.2 Å². The van der Waals surface area contributed by atoms with Crippen molar-refractivity contribution in [3.05, 3.63) is 97.3 Å². The van der Waals surface area contributed by atoms with Gasteiger partial charge in [-0.2, -0.15) is 0 Å². The van der Waals surface area contributed by atoms with Crippen molar-refractivity contribution in [2.24, 2.45) is 0 Å². The largest absolute Gasteiger partial charge is 0.490 e. The molecule has 0 saturated carbocycles. The second-order valence-corrected chi connectivity index (χ2v) is 11.5. The van der Waals surface area contributed by atoms with Gasteiger partial charge in [-0.15, -0.1) is 0 Å². The maximum Gasteiger partial charge on any atom is 0.333 e. The molecule has 4 rings (SSSR count). The van der Waals surface area contributed by atoms with E-state index in [1.54, 1.807) is 30.3 Å². The van der Waals surface area contributed by atoms with E-state index in [2.05, 4.69) is 31.9 Å². The van der Waals surface area contributed by atoms with E-state index in [-0.39, 0.29) is 10.2 Å². The summed E-state index contributed by atoms with van der Waals surface area (Å²) in [6.07, 6.45) is 1.73. The van der Waals surface area contributed by atoms with Gasteiger partial charge in [0.2, 0.25) is 0 Å². The summed E-state index contributed by atoms with van der Waals surface area (Å²) < 4.78 is 18.9. The molecule has 1 aliphatic heterocycles. The zero-order chi connectivity index (χ0) is 27.2. The van der Waals surface area contributed by atoms with E-state index >= 15 is 0 Å². The molecule has 1 saturated heterocycles. The van der Waals surface area contributed by atoms with Crippen molar-refractivity contribution in [3.63, 3.8) is 0 Å². The third kappa shape index (κ3) is 6.48. The fraction of sp³-hybridized carbons (Fsp3) is 0.179. The number of carbonyl (C=O) groups is 2. The van der Waals surface area contributed by atoms with Crippen molar-refractivity contribution in [2.75, 3.05) is 13.7 Å². The maximum atomic E-state index is 13.5. The molecule has 1 aliphatic rings. The lowest BCUT2D eigenvalue weighted by atomic mass is 10.1. The topological polar surface area (TPSA) is 65.1 Å². The third-order valence-electron chi connectivity index (χ3n) is 5.52. The molecule has 1 amide bonds. The van der Waals surface area contributed by atoms with Gasteiger partial charge in [-0.3, -0.25) is 9.69 Å². The van der Waals surface area contributed by atoms with Crippen molar-refractivity contribution >= 4 is 78.1 Å². The number of hydrogen-bond acceptors (Lipinski definition) is 7. The number of amides is 1. The number of hydrogen-bond donors (Lipinski definition) is 0. The second-order valence-electron chi connectivity index (χ2n) is 8.07. The molecule has 38 heavy (non-hydrogen) atoms. The van der Waals surface area contributed by atoms with Gasteiger partial charge in [0.1, 0.15) is 10.9 Å². The van der Waals surface area contributed by atoms with Crippen molar-refractivity contribution in [3.8, 4) is 11.5 Å². The van der Waals surface area contributed by atoms with Crippen LogP contribution in [0.1, 0.15) is 29.7 Å². The number of carbonyl (C=O) groups excluding carboxylic acids is 2. The number of methoxy groups -OCH3 is 1. The van der Waals surface area contributed by atoms with E-state index in [9.17, 15) is 9.59 Å². The fourth-order valence-electron chi connectivity index (χ4n) is 3.85. The number of ether oxygens (including phenoxy) is 3. The smallest absolute Gasteiger partial charge is 0.333 e. The number of thioether (sulfide) groups is 1. The summed E-state index contributed by atoms with van der Waals surface area (Å²) in [4.78, 5) is 27.9. The number of nitrogens with zero attached hydrogens (tertiary/aromatic N) is 1. The van der Waals surface area contributed by atoms with Gasteiger partial charge in [0.15, 0.2) is 17.5 Å². The highest BCUT2D eigenvalue weighted by Gasteiger charge is 2.41. The molecule has 1 unspecified atom stereocenters. The average molecular weight is 677 g/mol. The normalized spacial score (nSPS) is 15.1. The second kappa shape index (κ2) is 12.9. The van der Waals surface area contributed by atoms with Crippen LogP contribution in [0.5, 0.6) is 11.5 Å². The summed E-state index contributed by atoms with van der Waals surface area (Å²) in [5, 5.41) is 0. The summed E-state index contributed by atoms with van der Waals surface area (Å²) in [6.45, 7) is 2.67. The van der Waals surface area contributed by atoms with E-state index < -0.39 is 12.0 Å². The van der Waals surface area contributed by atoms with E-state index in [1.165, 1.54) is 12.0 Å². The van der Waals surface area contributed by atoms with Crippen LogP contribution in [0.25, 0.3) is 6.08 Å². The SMILES string of the molecule is CCOc1cc(/C=C2/SC(=S)N(C(C(=O)OC)c3ccccc3)C2=O)cc(Br)c1OCc1cccc(Br)c1. The Labute approximate surface area is 247 Å². The lowest BCUT2D eigenvalue weighted by Crippen LogP contribution is -2.37. The highest BCUT2D eigenvalue weighted by Crippen LogP contribution is 2.41. The van der Waals surface area contributed by atoms with Crippen molar-refractivity contribution in [2.45, 2.75) is 19.6 Å². The van der Waals surface area contributed by atoms with Gasteiger partial charge in [-0.25, -0.2) is 4.79 Å². The molecule has 3 aromatic carbocycles. The van der Waals surface area contributed by atoms with Gasteiger partial charge in [0.05, 0.1) is 23.1 Å². The molecular weight excluding hydrogens is 654 g/mol. The van der Waals surface area contributed by atoms with Gasteiger partial charge >= 0.3 is 5.97 Å². The van der Waals surface area contributed by atoms with Gasteiger partial charge in [-0.05, 0) is 69.9 Å². The Kier molecular flexibility index (Phi) is 9.64. The predicted octanol–water partition coefficient (Wildman–Crippen LogP) is 7.30. The standard InChI is InChI=1S/C28H23Br2NO5S2/c1-3-35-22-14-18(13-21(30)25(22)36-16-17-8-7-11-20(29)12-17)15-23-26(32)31(28(37)38-23)24(27(33)34-2)19-9-5-4-6-10-19/h4-15,24H,3,16H2,1-2H3/b23-15+. The van der Waals surface area contributed by atoms with Gasteiger partial charge in [-0.1, -0.05) is 82.4 Å². The first kappa shape index (κ1) is 28.4. The zero-order valence-corrected chi connectivity index (χ0v) is 25.3. The molecule has 6 nitrogen and oxygen atoms in total. The summed E-state index contributed by atoms with van der Waals surface area (Å²) in [6, 6.07) is 19.5. The van der Waals surface area contributed by atoms with Crippen LogP contribution >= 0.6 is 55.8 Å². The Morgan fingerprint density at radius 3 is 2.53 bits per heavy atom. The predicted molar refractivity (Wildman–Crippen MR) is 160 cm³/mol. The number of thiocarbonyl (C=S) groups is 1. The minimum atomic E-state index is -0.973. The van der Waals surface area contributed by atoms with Crippen LogP contribution in [0.15, 0.2) is 80.6 Å². The first-order valence-electron chi connectivity index (χ1n) is 11.6. The molecule has 0 aliphatic carbocycles. The van der Waals surface area contributed by atoms with Crippen LogP contribution < -0.4 is 9.47 Å². The summed E-state index contributed by atoms with van der Waals surface area (Å²) in [5.74, 6) is 0.159. The lowest BCUT2D eigenvalue weighted by Gasteiger charge is -2.24. The average Bonchev–Trinajstić information content (AvgIpc) is 3.17. The van der Waals surface area contributed by atoms with E-state index in [1.807, 2.05) is 49.4 Å². The molecule has 3 aromatic rings. The highest BCUT2D eigenvalue weighted by molar-refractivity contribution is 9.10. The molecule has 0 N–H and O–H groups in total. The van der Waals surface area contributed by atoms with Crippen molar-refractivity contribution in [1.82, 2.24) is 4.90 Å². The highest BCUT2D eigenvalue weighted by atomic mass is 79.9. The zero-order valence-electron chi connectivity index (χ0n) is 20.5. The van der Waals surface area contributed by atoms with Crippen LogP contribution in [0, 0.1) is 0 Å². The number of benzene rings is 3. The molecule has 196 valence electrons. The molecule has 1 fully saturated rings. The van der Waals surface area contributed by atoms with Gasteiger partial charge in [0, 0.05) is 4.47 Å². The van der Waals surface area contributed by atoms with Crippen LogP contribution in [0.3, 0.4) is 0 Å². The van der Waals surface area contributed by atoms with Crippen molar-refractivity contribution < 1.29 is 23.8 Å². The van der Waals surface area contributed by atoms with Crippen LogP contribution in [0.4, 0.5) is 0 Å². The molecule has 10 heteroatoms. The lowest BCUT2D eigenvalue weighted by molar-refractivity contribution is -0.148. The minimum Gasteiger partial charge on any atom is -0.490 e. The Hall–Kier alpha value is -2.66. The first-order chi connectivity index (χ1) is 18.3. The van der Waals surface area contributed by atoms with E-state index in [0.29, 0.717) is 45.2 Å². The van der Waals surface area contributed by atoms with E-state index in [4.69, 9.17) is 26.4 Å². The molecule has 1 heterocycles. The molecule has 0 aromatic heterocycles. The van der Waals surface area contributed by atoms with Crippen LogP contribution in [0.2, 0.25) is 0 Å². The summed E-state index contributed by atoms with van der Waals surface area (Å²) in [7, 11) is 1.29. The Bertz CT molecular complexity index is 1400. The van der Waals surface area contributed by atoms with E-state index in [0.717, 1.165) is 21.8 Å². The Morgan fingerprint density at radius 2 is 1.84 bits per heavy atom. The van der Waals surface area contributed by atoms with Gasteiger partial charge in [0.25, 0.3) is 5.91 Å². The monoisotopic (exact) mass is 675 g/mol. The first-order valence-corrected chi connectivity index (χ1v) is 14.4. The Balaban J connectivity index is 1.63. The number of halogens is 2. The molecule has 0 spiro atoms. The molecule has 0 radical (unpaired) electrons.